The number of carbonyl (C=O) groups excluding carboxylic acids is 1. The Kier molecular flexibility index (Phi) is 4.66. The van der Waals surface area contributed by atoms with Crippen LogP contribution in [-0.4, -0.2) is 26.0 Å². The highest BCUT2D eigenvalue weighted by atomic mass is 79.9. The minimum atomic E-state index is -0.244. The predicted molar refractivity (Wildman–Crippen MR) is 96.3 cm³/mol. The van der Waals surface area contributed by atoms with E-state index >= 15 is 0 Å². The van der Waals surface area contributed by atoms with E-state index in [0.717, 1.165) is 15.6 Å². The minimum absolute atomic E-state index is 0.244. The number of benzene rings is 2. The number of aliphatic imine (C=N–C) groups is 1. The van der Waals surface area contributed by atoms with Gasteiger partial charge < -0.3 is 14.8 Å². The first-order chi connectivity index (χ1) is 11.6. The normalized spacial score (nSPS) is 15.2. The highest BCUT2D eigenvalue weighted by Crippen LogP contribution is 2.25. The molecule has 1 heterocycles. The van der Waals surface area contributed by atoms with Crippen molar-refractivity contribution in [2.24, 2.45) is 4.99 Å². The Morgan fingerprint density at radius 2 is 1.79 bits per heavy atom. The number of amides is 1. The number of rotatable bonds is 4. The summed E-state index contributed by atoms with van der Waals surface area (Å²) in [7, 11) is 3.15. The van der Waals surface area contributed by atoms with Crippen LogP contribution in [0, 0.1) is 0 Å². The molecule has 0 bridgehead atoms. The SMILES string of the molecule is COc1cc(OC)cc(C2=N/C(=C/c3cccc(Br)c3)C(=O)N2)c1. The van der Waals surface area contributed by atoms with Crippen LogP contribution >= 0.6 is 15.9 Å². The highest BCUT2D eigenvalue weighted by molar-refractivity contribution is 9.10. The molecule has 6 heteroatoms. The molecule has 1 aliphatic rings. The molecule has 2 aromatic rings. The van der Waals surface area contributed by atoms with Crippen LogP contribution in [0.4, 0.5) is 0 Å². The second-order valence-electron chi connectivity index (χ2n) is 5.10. The van der Waals surface area contributed by atoms with E-state index in [0.29, 0.717) is 23.0 Å². The van der Waals surface area contributed by atoms with E-state index in [9.17, 15) is 4.79 Å². The van der Waals surface area contributed by atoms with Gasteiger partial charge in [0.2, 0.25) is 0 Å². The summed E-state index contributed by atoms with van der Waals surface area (Å²) < 4.78 is 11.4. The smallest absolute Gasteiger partial charge is 0.275 e. The lowest BCUT2D eigenvalue weighted by Crippen LogP contribution is -2.24. The average Bonchev–Trinajstić information content (AvgIpc) is 2.95. The van der Waals surface area contributed by atoms with Gasteiger partial charge in [-0.05, 0) is 35.9 Å². The van der Waals surface area contributed by atoms with Crippen LogP contribution in [0.3, 0.4) is 0 Å². The van der Waals surface area contributed by atoms with Gasteiger partial charge >= 0.3 is 0 Å². The number of nitrogens with zero attached hydrogens (tertiary/aromatic N) is 1. The summed E-state index contributed by atoms with van der Waals surface area (Å²) in [5.74, 6) is 1.49. The van der Waals surface area contributed by atoms with Crippen LogP contribution in [0.1, 0.15) is 11.1 Å². The quantitative estimate of drug-likeness (QED) is 0.819. The highest BCUT2D eigenvalue weighted by Gasteiger charge is 2.22. The summed E-state index contributed by atoms with van der Waals surface area (Å²) >= 11 is 3.41. The number of hydrogen-bond acceptors (Lipinski definition) is 4. The maximum absolute atomic E-state index is 12.2. The Labute approximate surface area is 148 Å². The number of carbonyl (C=O) groups is 1. The van der Waals surface area contributed by atoms with Gasteiger partial charge in [0, 0.05) is 16.1 Å². The molecule has 0 saturated heterocycles. The van der Waals surface area contributed by atoms with Crippen LogP contribution in [-0.2, 0) is 4.79 Å². The maximum Gasteiger partial charge on any atom is 0.275 e. The number of halogens is 1. The first kappa shape index (κ1) is 16.3. The van der Waals surface area contributed by atoms with E-state index in [-0.39, 0.29) is 5.91 Å². The molecule has 1 N–H and O–H groups in total. The molecule has 0 atom stereocenters. The van der Waals surface area contributed by atoms with E-state index in [1.54, 1.807) is 38.5 Å². The van der Waals surface area contributed by atoms with Crippen molar-refractivity contribution in [2.45, 2.75) is 0 Å². The molecule has 0 unspecified atom stereocenters. The molecule has 0 saturated carbocycles. The Morgan fingerprint density at radius 3 is 2.42 bits per heavy atom. The lowest BCUT2D eigenvalue weighted by atomic mass is 10.2. The van der Waals surface area contributed by atoms with Crippen molar-refractivity contribution in [3.8, 4) is 11.5 Å². The standard InChI is InChI=1S/C18H15BrN2O3/c1-23-14-8-12(9-15(10-14)24-2)17-20-16(18(22)21-17)7-11-4-3-5-13(19)6-11/h3-10H,1-2H3,(H,20,21,22)/b16-7+. The van der Waals surface area contributed by atoms with Crippen LogP contribution in [0.25, 0.3) is 6.08 Å². The van der Waals surface area contributed by atoms with Gasteiger partial charge in [-0.2, -0.15) is 0 Å². The molecule has 1 amide bonds. The molecule has 0 aromatic heterocycles. The minimum Gasteiger partial charge on any atom is -0.497 e. The van der Waals surface area contributed by atoms with E-state index in [4.69, 9.17) is 9.47 Å². The molecule has 2 aromatic carbocycles. The number of amidine groups is 1. The Morgan fingerprint density at radius 1 is 1.08 bits per heavy atom. The Hall–Kier alpha value is -2.60. The summed E-state index contributed by atoms with van der Waals surface area (Å²) in [5.41, 5.74) is 1.96. The van der Waals surface area contributed by atoms with Crippen molar-refractivity contribution in [2.75, 3.05) is 14.2 Å². The monoisotopic (exact) mass is 386 g/mol. The first-order valence-electron chi connectivity index (χ1n) is 7.20. The molecule has 122 valence electrons. The van der Waals surface area contributed by atoms with Crippen LogP contribution in [0.5, 0.6) is 11.5 Å². The van der Waals surface area contributed by atoms with Crippen LogP contribution in [0.2, 0.25) is 0 Å². The van der Waals surface area contributed by atoms with Crippen molar-refractivity contribution in [3.05, 3.63) is 63.8 Å². The van der Waals surface area contributed by atoms with E-state index in [1.165, 1.54) is 0 Å². The summed E-state index contributed by atoms with van der Waals surface area (Å²) in [6, 6.07) is 13.0. The second kappa shape index (κ2) is 6.88. The molecule has 24 heavy (non-hydrogen) atoms. The van der Waals surface area contributed by atoms with Crippen molar-refractivity contribution in [3.63, 3.8) is 0 Å². The summed E-state index contributed by atoms with van der Waals surface area (Å²) in [6.07, 6.45) is 1.74. The van der Waals surface area contributed by atoms with Gasteiger partial charge in [-0.15, -0.1) is 0 Å². The van der Waals surface area contributed by atoms with Gasteiger partial charge in [0.25, 0.3) is 5.91 Å². The third kappa shape index (κ3) is 3.49. The van der Waals surface area contributed by atoms with Crippen molar-refractivity contribution >= 4 is 33.7 Å². The lowest BCUT2D eigenvalue weighted by molar-refractivity contribution is -0.115. The van der Waals surface area contributed by atoms with E-state index < -0.39 is 0 Å². The lowest BCUT2D eigenvalue weighted by Gasteiger charge is -2.08. The molecule has 5 nitrogen and oxygen atoms in total. The largest absolute Gasteiger partial charge is 0.497 e. The summed E-state index contributed by atoms with van der Waals surface area (Å²) in [4.78, 5) is 16.6. The fourth-order valence-electron chi connectivity index (χ4n) is 2.30. The van der Waals surface area contributed by atoms with E-state index in [2.05, 4.69) is 26.2 Å². The zero-order chi connectivity index (χ0) is 17.1. The number of methoxy groups -OCH3 is 2. The molecule has 0 radical (unpaired) electrons. The van der Waals surface area contributed by atoms with Crippen molar-refractivity contribution < 1.29 is 14.3 Å². The fourth-order valence-corrected chi connectivity index (χ4v) is 2.72. The van der Waals surface area contributed by atoms with Crippen molar-refractivity contribution in [1.82, 2.24) is 5.32 Å². The molecular weight excluding hydrogens is 372 g/mol. The molecule has 1 aliphatic heterocycles. The second-order valence-corrected chi connectivity index (χ2v) is 6.02. The van der Waals surface area contributed by atoms with Gasteiger partial charge in [0.1, 0.15) is 23.0 Å². The van der Waals surface area contributed by atoms with Gasteiger partial charge in [0.05, 0.1) is 14.2 Å². The number of ether oxygens (including phenoxy) is 2. The van der Waals surface area contributed by atoms with Gasteiger partial charge in [0.15, 0.2) is 0 Å². The fraction of sp³-hybridized carbons (Fsp3) is 0.111. The molecular formula is C18H15BrN2O3. The first-order valence-corrected chi connectivity index (χ1v) is 7.99. The average molecular weight is 387 g/mol. The van der Waals surface area contributed by atoms with E-state index in [1.807, 2.05) is 24.3 Å². The number of hydrogen-bond donors (Lipinski definition) is 1. The molecule has 3 rings (SSSR count). The predicted octanol–water partition coefficient (Wildman–Crippen LogP) is 3.38. The van der Waals surface area contributed by atoms with Crippen LogP contribution in [0.15, 0.2) is 57.6 Å². The molecule has 0 spiro atoms. The molecule has 0 aliphatic carbocycles. The third-order valence-corrected chi connectivity index (χ3v) is 3.97. The van der Waals surface area contributed by atoms with Gasteiger partial charge in [-0.25, -0.2) is 4.99 Å². The molecule has 0 fully saturated rings. The zero-order valence-corrected chi connectivity index (χ0v) is 14.8. The van der Waals surface area contributed by atoms with Gasteiger partial charge in [-0.3, -0.25) is 4.79 Å². The summed E-state index contributed by atoms with van der Waals surface area (Å²) in [6.45, 7) is 0. The third-order valence-electron chi connectivity index (χ3n) is 3.47. The maximum atomic E-state index is 12.2. The number of nitrogens with one attached hydrogen (secondary N) is 1. The Bertz CT molecular complexity index is 837. The van der Waals surface area contributed by atoms with Crippen LogP contribution < -0.4 is 14.8 Å². The topological polar surface area (TPSA) is 59.9 Å². The zero-order valence-electron chi connectivity index (χ0n) is 13.2. The van der Waals surface area contributed by atoms with Crippen molar-refractivity contribution in [1.29, 1.82) is 0 Å². The van der Waals surface area contributed by atoms with Gasteiger partial charge in [-0.1, -0.05) is 28.1 Å². The summed E-state index contributed by atoms with van der Waals surface area (Å²) in [5, 5.41) is 2.78. The Balaban J connectivity index is 1.97.